The lowest BCUT2D eigenvalue weighted by Gasteiger charge is -2.19. The second-order valence-corrected chi connectivity index (χ2v) is 22.8. The van der Waals surface area contributed by atoms with Crippen molar-refractivity contribution < 1.29 is 8.83 Å². The Kier molecular flexibility index (Phi) is 10.7. The molecule has 0 radical (unpaired) electrons. The SMILES string of the molecule is c1ccc2cc(-c3ccc(-c4c5ccccc5c(-c5ccc(-c6ccc(-c7ccc(-c8c9ccccc9c(-c9cccc%10oc%11ccccc%11c9%10)c9ccccc89)cc7)c7ccccc67)c6oc7ccccc7c56)c5ccccc45)cc3)ccc2c1. The van der Waals surface area contributed by atoms with E-state index in [0.29, 0.717) is 0 Å². The average Bonchev–Trinajstić information content (AvgIpc) is 1.67. The topological polar surface area (TPSA) is 26.3 Å². The molecule has 0 atom stereocenters. The average molecular weight is 1090 g/mol. The lowest BCUT2D eigenvalue weighted by Crippen LogP contribution is -1.92. The number of hydrogen-bond acceptors (Lipinski definition) is 2. The van der Waals surface area contributed by atoms with Crippen molar-refractivity contribution in [1.82, 2.24) is 0 Å². The van der Waals surface area contributed by atoms with E-state index in [4.69, 9.17) is 8.83 Å². The number of furan rings is 2. The molecule has 0 aliphatic heterocycles. The maximum atomic E-state index is 7.13. The van der Waals surface area contributed by atoms with Crippen LogP contribution in [0, 0.1) is 0 Å². The van der Waals surface area contributed by atoms with E-state index in [1.54, 1.807) is 0 Å². The minimum Gasteiger partial charge on any atom is -0.456 e. The van der Waals surface area contributed by atoms with Crippen molar-refractivity contribution in [1.29, 1.82) is 0 Å². The molecule has 0 aliphatic rings. The normalized spacial score (nSPS) is 12.0. The molecule has 0 fully saturated rings. The predicted octanol–water partition coefficient (Wildman–Crippen LogP) is 24.1. The van der Waals surface area contributed by atoms with E-state index in [9.17, 15) is 0 Å². The Balaban J connectivity index is 0.760. The Bertz CT molecular complexity index is 5700. The van der Waals surface area contributed by atoms with Crippen LogP contribution in [0.25, 0.3) is 186 Å². The highest BCUT2D eigenvalue weighted by Crippen LogP contribution is 2.51. The standard InChI is InChI=1S/C84H50O2/c1-2-19-56-50-57(45-38-51(56)18-1)52-36-41-54(42-37-52)78-64-24-7-11-28-68(64)81(69-29-12-8-25-65(69)78)74-49-48-70(84-83(74)72-31-14-16-34-76(72)86-84)61-47-46-58(59-20-3-4-21-60(59)61)53-39-43-55(44-40-53)79-62-22-5-9-26-66(62)80(67-27-10-6-23-63(67)79)73-32-17-35-77-82(73)71-30-13-15-33-75(71)85-77/h1-50H. The molecule has 18 rings (SSSR count). The largest absolute Gasteiger partial charge is 0.456 e. The number of rotatable bonds is 7. The fourth-order valence-corrected chi connectivity index (χ4v) is 14.5. The van der Waals surface area contributed by atoms with E-state index < -0.39 is 0 Å². The molecule has 2 heterocycles. The first kappa shape index (κ1) is 48.2. The molecule has 2 nitrogen and oxygen atoms in total. The third-order valence-electron chi connectivity index (χ3n) is 18.3. The number of fused-ring (bicyclic) bond motifs is 12. The van der Waals surface area contributed by atoms with Gasteiger partial charge in [-0.3, -0.25) is 0 Å². The molecule has 0 aliphatic carbocycles. The van der Waals surface area contributed by atoms with E-state index in [-0.39, 0.29) is 0 Å². The van der Waals surface area contributed by atoms with Crippen molar-refractivity contribution in [3.8, 4) is 77.9 Å². The highest BCUT2D eigenvalue weighted by atomic mass is 16.3. The summed E-state index contributed by atoms with van der Waals surface area (Å²) in [5.74, 6) is 0. The Hall–Kier alpha value is -11.3. The van der Waals surface area contributed by atoms with Gasteiger partial charge in [0, 0.05) is 27.1 Å². The summed E-state index contributed by atoms with van der Waals surface area (Å²) in [7, 11) is 0. The third-order valence-corrected chi connectivity index (χ3v) is 18.3. The van der Waals surface area contributed by atoms with Crippen molar-refractivity contribution in [2.45, 2.75) is 0 Å². The van der Waals surface area contributed by atoms with Gasteiger partial charge in [0.15, 0.2) is 0 Å². The molecule has 0 bridgehead atoms. The van der Waals surface area contributed by atoms with Crippen LogP contribution >= 0.6 is 0 Å². The van der Waals surface area contributed by atoms with Crippen molar-refractivity contribution in [2.24, 2.45) is 0 Å². The molecule has 0 saturated carbocycles. The van der Waals surface area contributed by atoms with Crippen molar-refractivity contribution >= 4 is 109 Å². The first-order valence-electron chi connectivity index (χ1n) is 29.6. The van der Waals surface area contributed by atoms with Gasteiger partial charge in [-0.25, -0.2) is 0 Å². The molecule has 0 N–H and O–H groups in total. The van der Waals surface area contributed by atoms with Gasteiger partial charge in [-0.05, 0) is 167 Å². The first-order chi connectivity index (χ1) is 42.7. The monoisotopic (exact) mass is 1090 g/mol. The molecule has 0 amide bonds. The minimum absolute atomic E-state index is 0.869. The van der Waals surface area contributed by atoms with Crippen molar-refractivity contribution in [3.63, 3.8) is 0 Å². The van der Waals surface area contributed by atoms with Crippen LogP contribution < -0.4 is 0 Å². The molecule has 16 aromatic carbocycles. The Morgan fingerprint density at radius 3 is 1.12 bits per heavy atom. The maximum Gasteiger partial charge on any atom is 0.143 e. The smallest absolute Gasteiger partial charge is 0.143 e. The summed E-state index contributed by atoms with van der Waals surface area (Å²) in [5.41, 5.74) is 20.1. The molecule has 86 heavy (non-hydrogen) atoms. The summed E-state index contributed by atoms with van der Waals surface area (Å²) in [6.45, 7) is 0. The zero-order chi connectivity index (χ0) is 56.4. The first-order valence-corrected chi connectivity index (χ1v) is 29.6. The van der Waals surface area contributed by atoms with Crippen LogP contribution in [0.5, 0.6) is 0 Å². The second kappa shape index (κ2) is 19.1. The summed E-state index contributed by atoms with van der Waals surface area (Å²) in [4.78, 5) is 0. The zero-order valence-electron chi connectivity index (χ0n) is 46.7. The van der Waals surface area contributed by atoms with Crippen LogP contribution in [-0.2, 0) is 0 Å². The van der Waals surface area contributed by atoms with Gasteiger partial charge >= 0.3 is 0 Å². The molecule has 0 unspecified atom stereocenters. The van der Waals surface area contributed by atoms with Crippen LogP contribution in [-0.4, -0.2) is 0 Å². The summed E-state index contributed by atoms with van der Waals surface area (Å²) >= 11 is 0. The zero-order valence-corrected chi connectivity index (χ0v) is 46.7. The summed E-state index contributed by atoms with van der Waals surface area (Å²) in [5, 5.41) is 19.0. The molecule has 2 heteroatoms. The van der Waals surface area contributed by atoms with Gasteiger partial charge < -0.3 is 8.83 Å². The predicted molar refractivity (Wildman–Crippen MR) is 364 cm³/mol. The molecule has 2 aromatic heterocycles. The maximum absolute atomic E-state index is 7.13. The lowest BCUT2D eigenvalue weighted by atomic mass is 9.83. The Labute approximate surface area is 495 Å². The molecule has 18 aromatic rings. The fourth-order valence-electron chi connectivity index (χ4n) is 14.5. The van der Waals surface area contributed by atoms with Crippen molar-refractivity contribution in [2.75, 3.05) is 0 Å². The van der Waals surface area contributed by atoms with Gasteiger partial charge in [0.2, 0.25) is 0 Å². The number of para-hydroxylation sites is 2. The van der Waals surface area contributed by atoms with E-state index >= 15 is 0 Å². The van der Waals surface area contributed by atoms with Crippen molar-refractivity contribution in [3.05, 3.63) is 303 Å². The van der Waals surface area contributed by atoms with Gasteiger partial charge in [-0.2, -0.15) is 0 Å². The van der Waals surface area contributed by atoms with Gasteiger partial charge in [0.05, 0.1) is 0 Å². The summed E-state index contributed by atoms with van der Waals surface area (Å²) < 4.78 is 13.6. The fraction of sp³-hybridized carbons (Fsp3) is 0. The van der Waals surface area contributed by atoms with Crippen LogP contribution in [0.1, 0.15) is 0 Å². The van der Waals surface area contributed by atoms with Crippen LogP contribution in [0.3, 0.4) is 0 Å². The molecule has 0 saturated heterocycles. The van der Waals surface area contributed by atoms with Crippen LogP contribution in [0.4, 0.5) is 0 Å². The minimum atomic E-state index is 0.869. The van der Waals surface area contributed by atoms with Gasteiger partial charge in [-0.1, -0.05) is 273 Å². The van der Waals surface area contributed by atoms with Gasteiger partial charge in [-0.15, -0.1) is 0 Å². The lowest BCUT2D eigenvalue weighted by molar-refractivity contribution is 0.669. The highest BCUT2D eigenvalue weighted by Gasteiger charge is 2.25. The van der Waals surface area contributed by atoms with Crippen LogP contribution in [0.15, 0.2) is 312 Å². The number of benzene rings is 16. The molecular formula is C84H50O2. The van der Waals surface area contributed by atoms with E-state index in [1.807, 2.05) is 6.07 Å². The molecular weight excluding hydrogens is 1040 g/mol. The van der Waals surface area contributed by atoms with Gasteiger partial charge in [0.1, 0.15) is 22.3 Å². The van der Waals surface area contributed by atoms with E-state index in [0.717, 1.165) is 66.1 Å². The summed E-state index contributed by atoms with van der Waals surface area (Å²) in [6.07, 6.45) is 0. The summed E-state index contributed by atoms with van der Waals surface area (Å²) in [6, 6.07) is 111. The van der Waals surface area contributed by atoms with Gasteiger partial charge in [0.25, 0.3) is 0 Å². The number of hydrogen-bond donors (Lipinski definition) is 0. The van der Waals surface area contributed by atoms with E-state index in [2.05, 4.69) is 297 Å². The quantitative estimate of drug-likeness (QED) is 0.149. The Morgan fingerprint density at radius 2 is 0.547 bits per heavy atom. The van der Waals surface area contributed by atoms with E-state index in [1.165, 1.54) is 120 Å². The Morgan fingerprint density at radius 1 is 0.174 bits per heavy atom. The second-order valence-electron chi connectivity index (χ2n) is 22.8. The molecule has 0 spiro atoms. The highest BCUT2D eigenvalue weighted by molar-refractivity contribution is 6.28. The third kappa shape index (κ3) is 7.33. The van der Waals surface area contributed by atoms with Crippen LogP contribution in [0.2, 0.25) is 0 Å². The molecule has 398 valence electrons.